The molecule has 12 heteroatoms. The number of fused-ring (bicyclic) bond motifs is 3. The van der Waals surface area contributed by atoms with Crippen molar-refractivity contribution < 1.29 is 31.8 Å². The normalized spacial score (nSPS) is 23.1. The second-order valence-corrected chi connectivity index (χ2v) is 12.2. The molecule has 1 aliphatic heterocycles. The number of hydrogen-bond acceptors (Lipinski definition) is 7. The van der Waals surface area contributed by atoms with Gasteiger partial charge in [0.15, 0.2) is 9.84 Å². The fraction of sp³-hybridized carbons (Fsp3) is 0.583. The number of aliphatic hydroxyl groups is 1. The van der Waals surface area contributed by atoms with Gasteiger partial charge in [-0.2, -0.15) is 5.10 Å². The number of hydrogen-bond donors (Lipinski definition) is 3. The lowest BCUT2D eigenvalue weighted by molar-refractivity contribution is -0.113. The molecule has 3 N–H and O–H groups in total. The van der Waals surface area contributed by atoms with Gasteiger partial charge in [-0.25, -0.2) is 21.9 Å². The fourth-order valence-corrected chi connectivity index (χ4v) is 5.88. The zero-order chi connectivity index (χ0) is 25.7. The van der Waals surface area contributed by atoms with E-state index in [2.05, 4.69) is 10.6 Å². The van der Waals surface area contributed by atoms with Crippen LogP contribution in [0.4, 0.5) is 14.6 Å². The van der Waals surface area contributed by atoms with Crippen LogP contribution in [0.3, 0.4) is 0 Å². The standard InChI is InChI=1S/C24H30F2N4O5S/c1-36(33,34)13-20(31)27-22-21-18(29-30(22)9-7-14-2-3-14)11-24(28-23(21)32)8-6-15-10-16(4-5-17(15)24)35-12-19(25)26/h4-5,10,14,19,23,28,32H,2-3,6-9,11-13H2,1H3,(H,27,31)/t23?,24-/m0/s1. The minimum atomic E-state index is -3.53. The van der Waals surface area contributed by atoms with Crippen molar-refractivity contribution in [2.45, 2.75) is 63.3 Å². The van der Waals surface area contributed by atoms with Gasteiger partial charge in [-0.15, -0.1) is 0 Å². The van der Waals surface area contributed by atoms with Crippen molar-refractivity contribution >= 4 is 21.6 Å². The molecule has 1 saturated carbocycles. The Bertz CT molecular complexity index is 1280. The van der Waals surface area contributed by atoms with Gasteiger partial charge >= 0.3 is 0 Å². The van der Waals surface area contributed by atoms with Crippen LogP contribution < -0.4 is 15.4 Å². The highest BCUT2D eigenvalue weighted by Crippen LogP contribution is 2.47. The average molecular weight is 525 g/mol. The van der Waals surface area contributed by atoms with E-state index in [0.717, 1.165) is 36.6 Å². The maximum absolute atomic E-state index is 12.5. The number of amides is 1. The highest BCUT2D eigenvalue weighted by molar-refractivity contribution is 7.91. The number of ether oxygens (including phenoxy) is 1. The molecule has 9 nitrogen and oxygen atoms in total. The molecular formula is C24H30F2N4O5S. The van der Waals surface area contributed by atoms with Gasteiger partial charge in [-0.1, -0.05) is 18.9 Å². The van der Waals surface area contributed by atoms with E-state index in [9.17, 15) is 27.1 Å². The van der Waals surface area contributed by atoms with Gasteiger partial charge in [-0.3, -0.25) is 10.1 Å². The van der Waals surface area contributed by atoms with Crippen LogP contribution >= 0.6 is 0 Å². The number of anilines is 1. The topological polar surface area (TPSA) is 123 Å². The zero-order valence-corrected chi connectivity index (χ0v) is 20.8. The van der Waals surface area contributed by atoms with Crippen molar-refractivity contribution in [1.29, 1.82) is 0 Å². The van der Waals surface area contributed by atoms with E-state index in [1.54, 1.807) is 16.8 Å². The summed E-state index contributed by atoms with van der Waals surface area (Å²) in [6, 6.07) is 5.26. The van der Waals surface area contributed by atoms with Crippen LogP contribution in [0.25, 0.3) is 0 Å². The smallest absolute Gasteiger partial charge is 0.272 e. The summed E-state index contributed by atoms with van der Waals surface area (Å²) in [5.41, 5.74) is 2.39. The van der Waals surface area contributed by atoms with Crippen molar-refractivity contribution in [2.75, 3.05) is 23.9 Å². The summed E-state index contributed by atoms with van der Waals surface area (Å²) in [6.45, 7) is -0.121. The van der Waals surface area contributed by atoms with Crippen LogP contribution in [-0.4, -0.2) is 54.3 Å². The Labute approximate surface area is 208 Å². The lowest BCUT2D eigenvalue weighted by atomic mass is 9.82. The van der Waals surface area contributed by atoms with E-state index in [-0.39, 0.29) is 0 Å². The Hall–Kier alpha value is -2.57. The number of aliphatic hydroxyl groups excluding tert-OH is 1. The summed E-state index contributed by atoms with van der Waals surface area (Å²) in [4.78, 5) is 12.5. The molecule has 0 saturated heterocycles. The van der Waals surface area contributed by atoms with Crippen LogP contribution in [0.2, 0.25) is 0 Å². The first kappa shape index (κ1) is 25.1. The number of carbonyl (C=O) groups excluding carboxylic acids is 1. The van der Waals surface area contributed by atoms with Gasteiger partial charge in [-0.05, 0) is 48.4 Å². The summed E-state index contributed by atoms with van der Waals surface area (Å²) in [5.74, 6) is -0.0235. The lowest BCUT2D eigenvalue weighted by Gasteiger charge is -2.38. The third-order valence-corrected chi connectivity index (χ3v) is 7.89. The third-order valence-electron chi connectivity index (χ3n) is 7.11. The number of aryl methyl sites for hydroxylation is 2. The van der Waals surface area contributed by atoms with Crippen molar-refractivity contribution in [1.82, 2.24) is 15.1 Å². The number of benzene rings is 1. The second kappa shape index (κ2) is 9.38. The summed E-state index contributed by atoms with van der Waals surface area (Å²) in [7, 11) is -3.53. The van der Waals surface area contributed by atoms with Crippen LogP contribution in [0.15, 0.2) is 18.2 Å². The third kappa shape index (κ3) is 5.25. The van der Waals surface area contributed by atoms with Gasteiger partial charge in [0.05, 0.1) is 16.8 Å². The van der Waals surface area contributed by atoms with Gasteiger partial charge in [0, 0.05) is 19.2 Å². The van der Waals surface area contributed by atoms with E-state index in [1.807, 2.05) is 6.07 Å². The number of alkyl halides is 2. The van der Waals surface area contributed by atoms with E-state index in [1.165, 1.54) is 0 Å². The monoisotopic (exact) mass is 524 g/mol. The molecule has 1 unspecified atom stereocenters. The molecule has 5 rings (SSSR count). The molecule has 1 amide bonds. The SMILES string of the molecule is CS(=O)(=O)CC(=O)Nc1c2c(nn1CCC1CC1)C[C@]1(CCc3cc(OCC(F)F)ccc31)NC2O. The quantitative estimate of drug-likeness (QED) is 0.460. The Morgan fingerprint density at radius 3 is 2.86 bits per heavy atom. The van der Waals surface area contributed by atoms with Crippen LogP contribution in [0, 0.1) is 5.92 Å². The van der Waals surface area contributed by atoms with Gasteiger partial charge in [0.2, 0.25) is 5.91 Å². The molecule has 1 fully saturated rings. The Balaban J connectivity index is 1.44. The molecule has 2 heterocycles. The van der Waals surface area contributed by atoms with E-state index in [0.29, 0.717) is 54.5 Å². The van der Waals surface area contributed by atoms with Gasteiger partial charge < -0.3 is 15.2 Å². The number of aromatic nitrogens is 2. The van der Waals surface area contributed by atoms with Crippen LogP contribution in [-0.2, 0) is 39.6 Å². The minimum absolute atomic E-state index is 0.322. The number of nitrogens with one attached hydrogen (secondary N) is 2. The Kier molecular flexibility index (Phi) is 6.54. The first-order valence-electron chi connectivity index (χ1n) is 12.1. The van der Waals surface area contributed by atoms with E-state index >= 15 is 0 Å². The highest BCUT2D eigenvalue weighted by Gasteiger charge is 2.46. The summed E-state index contributed by atoms with van der Waals surface area (Å²) in [5, 5.41) is 21.9. The molecule has 3 aliphatic rings. The molecule has 196 valence electrons. The molecule has 1 spiro atoms. The molecule has 0 radical (unpaired) electrons. The number of rotatable bonds is 9. The Morgan fingerprint density at radius 1 is 1.39 bits per heavy atom. The average Bonchev–Trinajstić information content (AvgIpc) is 3.47. The largest absolute Gasteiger partial charge is 0.488 e. The van der Waals surface area contributed by atoms with Crippen molar-refractivity contribution in [2.24, 2.45) is 5.92 Å². The van der Waals surface area contributed by atoms with Gasteiger partial charge in [0.25, 0.3) is 6.43 Å². The number of carbonyl (C=O) groups is 1. The molecular weight excluding hydrogens is 494 g/mol. The maximum Gasteiger partial charge on any atom is 0.272 e. The fourth-order valence-electron chi connectivity index (χ4n) is 5.33. The molecule has 2 aromatic rings. The lowest BCUT2D eigenvalue weighted by Crippen LogP contribution is -2.48. The molecule has 0 bridgehead atoms. The van der Waals surface area contributed by atoms with Crippen LogP contribution in [0.5, 0.6) is 5.75 Å². The first-order chi connectivity index (χ1) is 17.0. The minimum Gasteiger partial charge on any atom is -0.488 e. The number of halogens is 2. The predicted molar refractivity (Wildman–Crippen MR) is 128 cm³/mol. The molecule has 1 aromatic carbocycles. The number of sulfone groups is 1. The summed E-state index contributed by atoms with van der Waals surface area (Å²) < 4.78 is 55.2. The zero-order valence-electron chi connectivity index (χ0n) is 20.0. The summed E-state index contributed by atoms with van der Waals surface area (Å²) >= 11 is 0. The van der Waals surface area contributed by atoms with Crippen molar-refractivity contribution in [3.8, 4) is 5.75 Å². The Morgan fingerprint density at radius 2 is 2.17 bits per heavy atom. The molecule has 1 aromatic heterocycles. The maximum atomic E-state index is 12.5. The summed E-state index contributed by atoms with van der Waals surface area (Å²) in [6.07, 6.45) is 2.29. The highest BCUT2D eigenvalue weighted by atomic mass is 32.2. The predicted octanol–water partition coefficient (Wildman–Crippen LogP) is 2.29. The van der Waals surface area contributed by atoms with Crippen LogP contribution in [0.1, 0.15) is 54.3 Å². The first-order valence-corrected chi connectivity index (χ1v) is 14.2. The number of nitrogens with zero attached hydrogens (tertiary/aromatic N) is 2. The van der Waals surface area contributed by atoms with Gasteiger partial charge in [0.1, 0.15) is 30.2 Å². The second-order valence-electron chi connectivity index (χ2n) is 10.1. The molecule has 36 heavy (non-hydrogen) atoms. The molecule has 2 atom stereocenters. The van der Waals surface area contributed by atoms with E-state index < -0.39 is 46.3 Å². The van der Waals surface area contributed by atoms with E-state index in [4.69, 9.17) is 9.84 Å². The van der Waals surface area contributed by atoms with Crippen molar-refractivity contribution in [3.63, 3.8) is 0 Å². The van der Waals surface area contributed by atoms with Crippen molar-refractivity contribution in [3.05, 3.63) is 40.6 Å². The molecule has 2 aliphatic carbocycles.